The first-order chi connectivity index (χ1) is 10.1. The van der Waals surface area contributed by atoms with E-state index in [9.17, 15) is 8.42 Å². The molecule has 1 N–H and O–H groups in total. The fraction of sp³-hybridized carbons (Fsp3) is 0.571. The smallest absolute Gasteiger partial charge is 0.244 e. The number of nitrogens with zero attached hydrogens (tertiary/aromatic N) is 3. The largest absolute Gasteiger partial charge is 0.317 e. The molecular formula is C14H20N4O2S. The summed E-state index contributed by atoms with van der Waals surface area (Å²) in [4.78, 5) is 4.03. The summed E-state index contributed by atoms with van der Waals surface area (Å²) in [5.74, 6) is 0. The fourth-order valence-electron chi connectivity index (χ4n) is 2.55. The van der Waals surface area contributed by atoms with Crippen LogP contribution < -0.4 is 5.32 Å². The lowest BCUT2D eigenvalue weighted by molar-refractivity contribution is 0.262. The molecule has 0 amide bonds. The molecule has 0 unspecified atom stereocenters. The molecule has 1 aromatic heterocycles. The van der Waals surface area contributed by atoms with E-state index in [2.05, 4.69) is 10.3 Å². The van der Waals surface area contributed by atoms with E-state index in [-0.39, 0.29) is 16.6 Å². The standard InChI is InChI=1S/C14H20N4O2S/c1-2-9-18(13-5-7-16-8-6-13)21(19,20)14-4-3-12(10-15)17-11-14/h3-4,11,13,16H,2,5-9H2,1H3. The van der Waals surface area contributed by atoms with Crippen molar-refractivity contribution in [2.45, 2.75) is 37.1 Å². The molecule has 7 heteroatoms. The maximum atomic E-state index is 12.8. The minimum absolute atomic E-state index is 0.0341. The van der Waals surface area contributed by atoms with Crippen LogP contribution in [0, 0.1) is 11.3 Å². The Bertz CT molecular complexity index is 601. The van der Waals surface area contributed by atoms with Gasteiger partial charge < -0.3 is 5.32 Å². The van der Waals surface area contributed by atoms with Crippen molar-refractivity contribution in [2.75, 3.05) is 19.6 Å². The minimum atomic E-state index is -3.55. The SMILES string of the molecule is CCCN(C1CCNCC1)S(=O)(=O)c1ccc(C#N)nc1. The zero-order valence-corrected chi connectivity index (χ0v) is 12.9. The first kappa shape index (κ1) is 15.9. The van der Waals surface area contributed by atoms with Gasteiger partial charge in [0.1, 0.15) is 16.7 Å². The van der Waals surface area contributed by atoms with Crippen molar-refractivity contribution in [3.8, 4) is 6.07 Å². The van der Waals surface area contributed by atoms with Crippen molar-refractivity contribution in [3.63, 3.8) is 0 Å². The number of hydrogen-bond donors (Lipinski definition) is 1. The van der Waals surface area contributed by atoms with Crippen molar-refractivity contribution in [2.24, 2.45) is 0 Å². The second-order valence-corrected chi connectivity index (χ2v) is 6.98. The second kappa shape index (κ2) is 6.98. The number of sulfonamides is 1. The van der Waals surface area contributed by atoms with E-state index in [0.717, 1.165) is 32.4 Å². The zero-order valence-electron chi connectivity index (χ0n) is 12.1. The third kappa shape index (κ3) is 3.59. The molecule has 21 heavy (non-hydrogen) atoms. The van der Waals surface area contributed by atoms with Crippen LogP contribution in [0.15, 0.2) is 23.2 Å². The Morgan fingerprint density at radius 1 is 1.43 bits per heavy atom. The van der Waals surface area contributed by atoms with E-state index in [0.29, 0.717) is 6.54 Å². The highest BCUT2D eigenvalue weighted by Crippen LogP contribution is 2.22. The van der Waals surface area contributed by atoms with Crippen molar-refractivity contribution < 1.29 is 8.42 Å². The van der Waals surface area contributed by atoms with Gasteiger partial charge in [-0.25, -0.2) is 13.4 Å². The lowest BCUT2D eigenvalue weighted by Gasteiger charge is -2.33. The summed E-state index contributed by atoms with van der Waals surface area (Å²) in [7, 11) is -3.55. The van der Waals surface area contributed by atoms with E-state index < -0.39 is 10.0 Å². The normalized spacial score (nSPS) is 16.8. The minimum Gasteiger partial charge on any atom is -0.317 e. The van der Waals surface area contributed by atoms with E-state index in [1.807, 2.05) is 13.0 Å². The molecule has 6 nitrogen and oxygen atoms in total. The molecular weight excluding hydrogens is 288 g/mol. The molecule has 0 aromatic carbocycles. The number of pyridine rings is 1. The number of rotatable bonds is 5. The number of nitriles is 1. The van der Waals surface area contributed by atoms with E-state index in [1.54, 1.807) is 4.31 Å². The van der Waals surface area contributed by atoms with E-state index in [4.69, 9.17) is 5.26 Å². The summed E-state index contributed by atoms with van der Waals surface area (Å²) in [6.45, 7) is 4.16. The van der Waals surface area contributed by atoms with Gasteiger partial charge in [-0.05, 0) is 44.5 Å². The average Bonchev–Trinajstić information content (AvgIpc) is 2.53. The molecule has 1 aliphatic rings. The Morgan fingerprint density at radius 2 is 2.14 bits per heavy atom. The Hall–Kier alpha value is -1.49. The predicted octanol–water partition coefficient (Wildman–Crippen LogP) is 1.11. The number of aromatic nitrogens is 1. The molecule has 1 fully saturated rings. The van der Waals surface area contributed by atoms with Crippen LogP contribution in [0.25, 0.3) is 0 Å². The summed E-state index contributed by atoms with van der Waals surface area (Å²) in [5, 5.41) is 12.0. The van der Waals surface area contributed by atoms with Gasteiger partial charge >= 0.3 is 0 Å². The van der Waals surface area contributed by atoms with Gasteiger partial charge in [0.05, 0.1) is 0 Å². The van der Waals surface area contributed by atoms with Crippen LogP contribution in [0.4, 0.5) is 0 Å². The Labute approximate surface area is 125 Å². The first-order valence-electron chi connectivity index (χ1n) is 7.18. The van der Waals surface area contributed by atoms with Crippen molar-refractivity contribution >= 4 is 10.0 Å². The molecule has 0 atom stereocenters. The van der Waals surface area contributed by atoms with Gasteiger partial charge in [0.15, 0.2) is 0 Å². The predicted molar refractivity (Wildman–Crippen MR) is 79.0 cm³/mol. The highest BCUT2D eigenvalue weighted by molar-refractivity contribution is 7.89. The lowest BCUT2D eigenvalue weighted by atomic mass is 10.1. The van der Waals surface area contributed by atoms with E-state index in [1.165, 1.54) is 18.3 Å². The van der Waals surface area contributed by atoms with Crippen LogP contribution in [0.1, 0.15) is 31.9 Å². The number of nitrogens with one attached hydrogen (secondary N) is 1. The zero-order chi connectivity index (χ0) is 15.3. The molecule has 2 heterocycles. The first-order valence-corrected chi connectivity index (χ1v) is 8.62. The number of piperidine rings is 1. The molecule has 0 bridgehead atoms. The van der Waals surface area contributed by atoms with Gasteiger partial charge in [0, 0.05) is 18.8 Å². The monoisotopic (exact) mass is 308 g/mol. The topological polar surface area (TPSA) is 86.1 Å². The Kier molecular flexibility index (Phi) is 5.28. The van der Waals surface area contributed by atoms with Crippen LogP contribution in [0.5, 0.6) is 0 Å². The average molecular weight is 308 g/mol. The van der Waals surface area contributed by atoms with Gasteiger partial charge in [-0.1, -0.05) is 6.92 Å². The molecule has 1 aromatic rings. The molecule has 114 valence electrons. The highest BCUT2D eigenvalue weighted by atomic mass is 32.2. The van der Waals surface area contributed by atoms with Crippen LogP contribution in [-0.4, -0.2) is 43.4 Å². The van der Waals surface area contributed by atoms with Gasteiger partial charge in [-0.2, -0.15) is 9.57 Å². The molecule has 0 radical (unpaired) electrons. The summed E-state index contributed by atoms with van der Waals surface area (Å²) in [6.07, 6.45) is 3.69. The van der Waals surface area contributed by atoms with Crippen molar-refractivity contribution in [1.82, 2.24) is 14.6 Å². The van der Waals surface area contributed by atoms with Crippen LogP contribution in [0.3, 0.4) is 0 Å². The van der Waals surface area contributed by atoms with Gasteiger partial charge in [-0.15, -0.1) is 0 Å². The van der Waals surface area contributed by atoms with Gasteiger partial charge in [-0.3, -0.25) is 0 Å². The second-order valence-electron chi connectivity index (χ2n) is 5.09. The molecule has 0 saturated carbocycles. The Morgan fingerprint density at radius 3 is 2.67 bits per heavy atom. The summed E-state index contributed by atoms with van der Waals surface area (Å²) in [5.41, 5.74) is 0.220. The maximum Gasteiger partial charge on any atom is 0.244 e. The van der Waals surface area contributed by atoms with Crippen molar-refractivity contribution in [3.05, 3.63) is 24.0 Å². The van der Waals surface area contributed by atoms with Gasteiger partial charge in [0.25, 0.3) is 0 Å². The summed E-state index contributed by atoms with van der Waals surface area (Å²) < 4.78 is 27.2. The quantitative estimate of drug-likeness (QED) is 0.880. The van der Waals surface area contributed by atoms with Crippen LogP contribution >= 0.6 is 0 Å². The highest BCUT2D eigenvalue weighted by Gasteiger charge is 2.31. The third-order valence-electron chi connectivity index (χ3n) is 3.62. The summed E-state index contributed by atoms with van der Waals surface area (Å²) in [6, 6.07) is 4.84. The van der Waals surface area contributed by atoms with E-state index >= 15 is 0 Å². The molecule has 2 rings (SSSR count). The van der Waals surface area contributed by atoms with Crippen LogP contribution in [0.2, 0.25) is 0 Å². The Balaban J connectivity index is 2.29. The molecule has 1 aliphatic heterocycles. The fourth-order valence-corrected chi connectivity index (χ4v) is 4.27. The maximum absolute atomic E-state index is 12.8. The third-order valence-corrected chi connectivity index (χ3v) is 5.55. The lowest BCUT2D eigenvalue weighted by Crippen LogP contribution is -2.46. The summed E-state index contributed by atoms with van der Waals surface area (Å²) >= 11 is 0. The van der Waals surface area contributed by atoms with Gasteiger partial charge in [0.2, 0.25) is 10.0 Å². The van der Waals surface area contributed by atoms with Crippen LogP contribution in [-0.2, 0) is 10.0 Å². The molecule has 1 saturated heterocycles. The van der Waals surface area contributed by atoms with Crippen molar-refractivity contribution in [1.29, 1.82) is 5.26 Å². The number of hydrogen-bond acceptors (Lipinski definition) is 5. The molecule has 0 spiro atoms. The molecule has 0 aliphatic carbocycles.